The molecular formula is C18H23NO3. The number of amides is 1. The molecule has 0 bridgehead atoms. The third kappa shape index (κ3) is 4.20. The summed E-state index contributed by atoms with van der Waals surface area (Å²) >= 11 is 0. The maximum atomic E-state index is 11.0. The van der Waals surface area contributed by atoms with Gasteiger partial charge in [-0.15, -0.1) is 0 Å². The summed E-state index contributed by atoms with van der Waals surface area (Å²) in [6.45, 7) is 3.36. The molecule has 0 heterocycles. The van der Waals surface area contributed by atoms with E-state index in [2.05, 4.69) is 4.99 Å². The van der Waals surface area contributed by atoms with Gasteiger partial charge in [0.1, 0.15) is 0 Å². The zero-order valence-electron chi connectivity index (χ0n) is 13.5. The highest BCUT2D eigenvalue weighted by atomic mass is 16.5. The van der Waals surface area contributed by atoms with Crippen LogP contribution in [-0.2, 0) is 4.79 Å². The Labute approximate surface area is 131 Å². The Morgan fingerprint density at radius 3 is 2.59 bits per heavy atom. The number of nitrogens with zero attached hydrogens (tertiary/aromatic N) is 1. The number of rotatable bonds is 5. The van der Waals surface area contributed by atoms with Crippen molar-refractivity contribution in [1.29, 1.82) is 0 Å². The standard InChI is InChI=1S/C18H23NO3/c1-4-14(12-19-13(2)20)15-9-10-17(21-3)18(11-15)22-16-7-5-6-8-16/h4,9-12,16H,5-8H2,1-3H3/b14-4+,19-12?. The summed E-state index contributed by atoms with van der Waals surface area (Å²) in [5.41, 5.74) is 1.84. The van der Waals surface area contributed by atoms with Crippen molar-refractivity contribution in [3.05, 3.63) is 29.8 Å². The lowest BCUT2D eigenvalue weighted by molar-refractivity contribution is -0.115. The Morgan fingerprint density at radius 1 is 1.27 bits per heavy atom. The molecule has 1 aromatic carbocycles. The average molecular weight is 301 g/mol. The smallest absolute Gasteiger partial charge is 0.242 e. The summed E-state index contributed by atoms with van der Waals surface area (Å²) in [6, 6.07) is 5.80. The first-order chi connectivity index (χ1) is 10.6. The van der Waals surface area contributed by atoms with Crippen molar-refractivity contribution < 1.29 is 14.3 Å². The van der Waals surface area contributed by atoms with Crippen LogP contribution in [0.25, 0.3) is 5.57 Å². The molecule has 1 aromatic rings. The molecule has 0 spiro atoms. The van der Waals surface area contributed by atoms with Crippen molar-refractivity contribution in [3.63, 3.8) is 0 Å². The van der Waals surface area contributed by atoms with Crippen molar-refractivity contribution in [1.82, 2.24) is 0 Å². The van der Waals surface area contributed by atoms with Crippen molar-refractivity contribution in [2.24, 2.45) is 4.99 Å². The third-order valence-corrected chi connectivity index (χ3v) is 3.79. The SMILES string of the molecule is C/C=C(\C=NC(C)=O)c1ccc(OC)c(OC2CCCC2)c1. The van der Waals surface area contributed by atoms with Crippen molar-refractivity contribution in [2.45, 2.75) is 45.6 Å². The van der Waals surface area contributed by atoms with E-state index in [9.17, 15) is 4.79 Å². The molecule has 1 amide bonds. The van der Waals surface area contributed by atoms with Crippen molar-refractivity contribution in [2.75, 3.05) is 7.11 Å². The molecule has 0 radical (unpaired) electrons. The lowest BCUT2D eigenvalue weighted by atomic mass is 10.1. The zero-order chi connectivity index (χ0) is 15.9. The van der Waals surface area contributed by atoms with E-state index in [1.807, 2.05) is 31.2 Å². The van der Waals surface area contributed by atoms with Gasteiger partial charge in [0, 0.05) is 13.1 Å². The van der Waals surface area contributed by atoms with Crippen LogP contribution >= 0.6 is 0 Å². The van der Waals surface area contributed by atoms with Crippen molar-refractivity contribution in [3.8, 4) is 11.5 Å². The van der Waals surface area contributed by atoms with Crippen LogP contribution in [0.5, 0.6) is 11.5 Å². The summed E-state index contributed by atoms with van der Waals surface area (Å²) in [5, 5.41) is 0. The van der Waals surface area contributed by atoms with E-state index >= 15 is 0 Å². The van der Waals surface area contributed by atoms with Gasteiger partial charge in [-0.2, -0.15) is 0 Å². The quantitative estimate of drug-likeness (QED) is 0.771. The molecule has 4 nitrogen and oxygen atoms in total. The van der Waals surface area contributed by atoms with Gasteiger partial charge in [-0.25, -0.2) is 4.99 Å². The van der Waals surface area contributed by atoms with E-state index in [-0.39, 0.29) is 12.0 Å². The minimum atomic E-state index is -0.213. The second kappa shape index (κ2) is 7.78. The fourth-order valence-electron chi connectivity index (χ4n) is 2.61. The molecule has 1 aliphatic carbocycles. The number of hydrogen-bond acceptors (Lipinski definition) is 3. The molecule has 1 aliphatic rings. The highest BCUT2D eigenvalue weighted by Gasteiger charge is 2.18. The lowest BCUT2D eigenvalue weighted by Gasteiger charge is -2.17. The molecule has 0 saturated heterocycles. The summed E-state index contributed by atoms with van der Waals surface area (Å²) in [7, 11) is 1.64. The number of aliphatic imine (C=N–C) groups is 1. The first kappa shape index (κ1) is 16.3. The molecule has 4 heteroatoms. The Balaban J connectivity index is 2.26. The molecule has 22 heavy (non-hydrogen) atoms. The number of carbonyl (C=O) groups excluding carboxylic acids is 1. The molecule has 1 saturated carbocycles. The molecule has 2 rings (SSSR count). The van der Waals surface area contributed by atoms with Gasteiger partial charge < -0.3 is 9.47 Å². The first-order valence-corrected chi connectivity index (χ1v) is 7.70. The van der Waals surface area contributed by atoms with E-state index < -0.39 is 0 Å². The number of allylic oxidation sites excluding steroid dienone is 2. The normalized spacial score (nSPS) is 16.2. The molecule has 0 aromatic heterocycles. The van der Waals surface area contributed by atoms with Crippen LogP contribution in [-0.4, -0.2) is 25.3 Å². The van der Waals surface area contributed by atoms with Gasteiger partial charge in [0.2, 0.25) is 5.91 Å². The third-order valence-electron chi connectivity index (χ3n) is 3.79. The van der Waals surface area contributed by atoms with Crippen LogP contribution < -0.4 is 9.47 Å². The van der Waals surface area contributed by atoms with Crippen LogP contribution in [0, 0.1) is 0 Å². The molecule has 0 atom stereocenters. The van der Waals surface area contributed by atoms with E-state index in [0.29, 0.717) is 0 Å². The van der Waals surface area contributed by atoms with Crippen LogP contribution in [0.2, 0.25) is 0 Å². The van der Waals surface area contributed by atoms with Gasteiger partial charge in [0.05, 0.1) is 13.2 Å². The summed E-state index contributed by atoms with van der Waals surface area (Å²) in [6.07, 6.45) is 8.41. The molecule has 0 aliphatic heterocycles. The Hall–Kier alpha value is -2.10. The number of ether oxygens (including phenoxy) is 2. The van der Waals surface area contributed by atoms with E-state index in [0.717, 1.165) is 35.5 Å². The maximum absolute atomic E-state index is 11.0. The average Bonchev–Trinajstić information content (AvgIpc) is 3.01. The Kier molecular flexibility index (Phi) is 5.75. The fourth-order valence-corrected chi connectivity index (χ4v) is 2.61. The summed E-state index contributed by atoms with van der Waals surface area (Å²) in [5.74, 6) is 1.27. The van der Waals surface area contributed by atoms with Gasteiger partial charge in [-0.3, -0.25) is 4.79 Å². The van der Waals surface area contributed by atoms with Crippen LogP contribution in [0.1, 0.15) is 45.1 Å². The second-order valence-electron chi connectivity index (χ2n) is 5.41. The molecule has 0 unspecified atom stereocenters. The molecule has 1 fully saturated rings. The Morgan fingerprint density at radius 2 is 2.00 bits per heavy atom. The summed E-state index contributed by atoms with van der Waals surface area (Å²) < 4.78 is 11.5. The minimum absolute atomic E-state index is 0.213. The maximum Gasteiger partial charge on any atom is 0.242 e. The van der Waals surface area contributed by atoms with Crippen LogP contribution in [0.4, 0.5) is 0 Å². The van der Waals surface area contributed by atoms with Crippen LogP contribution in [0.15, 0.2) is 29.3 Å². The van der Waals surface area contributed by atoms with Gasteiger partial charge in [-0.05, 0) is 55.9 Å². The highest BCUT2D eigenvalue weighted by Crippen LogP contribution is 2.33. The molecule has 118 valence electrons. The fraction of sp³-hybridized carbons (Fsp3) is 0.444. The number of hydrogen-bond donors (Lipinski definition) is 0. The predicted octanol–water partition coefficient (Wildman–Crippen LogP) is 4.04. The Bertz CT molecular complexity index is 584. The number of carbonyl (C=O) groups is 1. The minimum Gasteiger partial charge on any atom is -0.493 e. The van der Waals surface area contributed by atoms with Crippen LogP contribution in [0.3, 0.4) is 0 Å². The van der Waals surface area contributed by atoms with E-state index in [4.69, 9.17) is 9.47 Å². The zero-order valence-corrected chi connectivity index (χ0v) is 13.5. The van der Waals surface area contributed by atoms with Gasteiger partial charge >= 0.3 is 0 Å². The number of benzene rings is 1. The number of methoxy groups -OCH3 is 1. The monoisotopic (exact) mass is 301 g/mol. The summed E-state index contributed by atoms with van der Waals surface area (Å²) in [4.78, 5) is 14.9. The molecular weight excluding hydrogens is 278 g/mol. The van der Waals surface area contributed by atoms with E-state index in [1.165, 1.54) is 19.8 Å². The van der Waals surface area contributed by atoms with E-state index in [1.54, 1.807) is 13.3 Å². The van der Waals surface area contributed by atoms with Crippen molar-refractivity contribution >= 4 is 17.7 Å². The lowest BCUT2D eigenvalue weighted by Crippen LogP contribution is -2.11. The topological polar surface area (TPSA) is 47.9 Å². The van der Waals surface area contributed by atoms with Gasteiger partial charge in [-0.1, -0.05) is 12.1 Å². The highest BCUT2D eigenvalue weighted by molar-refractivity contribution is 6.12. The second-order valence-corrected chi connectivity index (χ2v) is 5.41. The first-order valence-electron chi connectivity index (χ1n) is 7.70. The largest absolute Gasteiger partial charge is 0.493 e. The predicted molar refractivity (Wildman–Crippen MR) is 88.7 cm³/mol. The van der Waals surface area contributed by atoms with Gasteiger partial charge in [0.15, 0.2) is 11.5 Å². The van der Waals surface area contributed by atoms with Gasteiger partial charge in [0.25, 0.3) is 0 Å². The molecule has 0 N–H and O–H groups in total.